The molecule has 0 aliphatic carbocycles. The van der Waals surface area contributed by atoms with Crippen LogP contribution in [0.4, 0.5) is 0 Å². The Hall–Kier alpha value is -1.95. The second kappa shape index (κ2) is 5.22. The van der Waals surface area contributed by atoms with E-state index in [4.69, 9.17) is 10.00 Å². The van der Waals surface area contributed by atoms with Crippen molar-refractivity contribution in [2.75, 3.05) is 7.11 Å². The number of nitrogens with zero attached hydrogens (tertiary/aromatic N) is 1. The number of fused-ring (bicyclic) bond motifs is 1. The number of methoxy groups -OCH3 is 1. The van der Waals surface area contributed by atoms with Crippen LogP contribution in [0, 0.1) is 18.3 Å². The van der Waals surface area contributed by atoms with Crippen molar-refractivity contribution < 1.29 is 4.74 Å². The van der Waals surface area contributed by atoms with Gasteiger partial charge in [-0.15, -0.1) is 0 Å². The lowest BCUT2D eigenvalue weighted by atomic mass is 10.1. The Kier molecular flexibility index (Phi) is 3.96. The number of ether oxygens (including phenoxy) is 1. The molecule has 0 bridgehead atoms. The van der Waals surface area contributed by atoms with Gasteiger partial charge < -0.3 is 9.72 Å². The van der Waals surface area contributed by atoms with Crippen molar-refractivity contribution in [2.24, 2.45) is 0 Å². The summed E-state index contributed by atoms with van der Waals surface area (Å²) in [7, 11) is 1.61. The Bertz CT molecular complexity index is 520. The first kappa shape index (κ1) is 12.1. The van der Waals surface area contributed by atoms with Gasteiger partial charge in [0.15, 0.2) is 0 Å². The zero-order valence-electron chi connectivity index (χ0n) is 10.1. The van der Waals surface area contributed by atoms with Crippen LogP contribution in [0.1, 0.15) is 25.1 Å². The normalized spacial score (nSPS) is 9.19. The molecule has 84 valence electrons. The van der Waals surface area contributed by atoms with Crippen molar-refractivity contribution in [2.45, 2.75) is 20.8 Å². The maximum absolute atomic E-state index is 8.80. The van der Waals surface area contributed by atoms with Crippen LogP contribution in [0.25, 0.3) is 10.9 Å². The first-order chi connectivity index (χ1) is 7.74. The fourth-order valence-corrected chi connectivity index (χ4v) is 1.58. The van der Waals surface area contributed by atoms with Crippen LogP contribution in [0.2, 0.25) is 0 Å². The number of aromatic nitrogens is 1. The molecule has 0 atom stereocenters. The number of hydrogen-bond donors (Lipinski definition) is 1. The van der Waals surface area contributed by atoms with E-state index in [9.17, 15) is 0 Å². The smallest absolute Gasteiger partial charge is 0.129 e. The van der Waals surface area contributed by atoms with Gasteiger partial charge in [-0.2, -0.15) is 5.26 Å². The molecule has 0 spiro atoms. The van der Waals surface area contributed by atoms with Gasteiger partial charge in [0.1, 0.15) is 5.75 Å². The Labute approximate surface area is 95.7 Å². The van der Waals surface area contributed by atoms with Gasteiger partial charge in [-0.3, -0.25) is 0 Å². The first-order valence-electron chi connectivity index (χ1n) is 5.32. The first-order valence-corrected chi connectivity index (χ1v) is 5.32. The minimum atomic E-state index is 0.608. The molecule has 0 saturated carbocycles. The van der Waals surface area contributed by atoms with Crippen molar-refractivity contribution in [3.63, 3.8) is 0 Å². The number of hydrogen-bond acceptors (Lipinski definition) is 2. The van der Waals surface area contributed by atoms with E-state index in [-0.39, 0.29) is 0 Å². The Balaban J connectivity index is 0.000000606. The Morgan fingerprint density at radius 1 is 1.25 bits per heavy atom. The summed E-state index contributed by atoms with van der Waals surface area (Å²) < 4.78 is 5.21. The lowest BCUT2D eigenvalue weighted by Crippen LogP contribution is -1.85. The number of nitrogens with one attached hydrogen (secondary N) is 1. The molecule has 1 aromatic carbocycles. The third-order valence-corrected chi connectivity index (χ3v) is 2.18. The van der Waals surface area contributed by atoms with Crippen LogP contribution in [0.5, 0.6) is 5.75 Å². The summed E-state index contributed by atoms with van der Waals surface area (Å²) in [5, 5.41) is 9.82. The summed E-state index contributed by atoms with van der Waals surface area (Å²) in [6.45, 7) is 5.98. The van der Waals surface area contributed by atoms with Gasteiger partial charge in [0.25, 0.3) is 0 Å². The maximum Gasteiger partial charge on any atom is 0.129 e. The summed E-state index contributed by atoms with van der Waals surface area (Å²) in [5.74, 6) is 0.739. The van der Waals surface area contributed by atoms with E-state index >= 15 is 0 Å². The van der Waals surface area contributed by atoms with Gasteiger partial charge in [0.05, 0.1) is 24.3 Å². The average molecular weight is 216 g/mol. The van der Waals surface area contributed by atoms with Crippen LogP contribution in [0.15, 0.2) is 18.2 Å². The van der Waals surface area contributed by atoms with Gasteiger partial charge in [0.2, 0.25) is 0 Å². The quantitative estimate of drug-likeness (QED) is 0.794. The van der Waals surface area contributed by atoms with Crippen LogP contribution >= 0.6 is 0 Å². The molecular weight excluding hydrogens is 200 g/mol. The molecule has 0 saturated heterocycles. The molecule has 0 radical (unpaired) electrons. The van der Waals surface area contributed by atoms with Crippen molar-refractivity contribution >= 4 is 10.9 Å². The molecule has 0 amide bonds. The molecule has 0 fully saturated rings. The lowest BCUT2D eigenvalue weighted by molar-refractivity contribution is 0.419. The summed E-state index contributed by atoms with van der Waals surface area (Å²) in [6, 6.07) is 7.68. The van der Waals surface area contributed by atoms with Crippen molar-refractivity contribution in [1.29, 1.82) is 5.26 Å². The minimum absolute atomic E-state index is 0.608. The molecule has 1 heterocycles. The van der Waals surface area contributed by atoms with Crippen molar-refractivity contribution in [3.8, 4) is 11.8 Å². The van der Waals surface area contributed by atoms with Gasteiger partial charge in [-0.25, -0.2) is 0 Å². The van der Waals surface area contributed by atoms with Crippen LogP contribution in [0.3, 0.4) is 0 Å². The number of aryl methyl sites for hydroxylation is 1. The number of benzene rings is 1. The fourth-order valence-electron chi connectivity index (χ4n) is 1.58. The molecule has 0 unspecified atom stereocenters. The Morgan fingerprint density at radius 3 is 2.50 bits per heavy atom. The van der Waals surface area contributed by atoms with E-state index in [1.54, 1.807) is 13.2 Å². The minimum Gasteiger partial charge on any atom is -0.496 e. The van der Waals surface area contributed by atoms with E-state index in [0.717, 1.165) is 22.3 Å². The molecule has 3 nitrogen and oxygen atoms in total. The fraction of sp³-hybridized carbons (Fsp3) is 0.308. The van der Waals surface area contributed by atoms with Gasteiger partial charge in [0, 0.05) is 11.1 Å². The average Bonchev–Trinajstić information content (AvgIpc) is 2.70. The van der Waals surface area contributed by atoms with E-state index in [1.807, 2.05) is 32.9 Å². The summed E-state index contributed by atoms with van der Waals surface area (Å²) in [6.07, 6.45) is 0. The highest BCUT2D eigenvalue weighted by atomic mass is 16.5. The number of H-pyrrole nitrogens is 1. The van der Waals surface area contributed by atoms with E-state index in [0.29, 0.717) is 5.56 Å². The van der Waals surface area contributed by atoms with Crippen LogP contribution < -0.4 is 4.74 Å². The van der Waals surface area contributed by atoms with E-state index in [2.05, 4.69) is 11.1 Å². The summed E-state index contributed by atoms with van der Waals surface area (Å²) in [5.41, 5.74) is 2.61. The second-order valence-electron chi connectivity index (χ2n) is 3.20. The third-order valence-electron chi connectivity index (χ3n) is 2.18. The molecule has 1 aromatic heterocycles. The molecule has 0 aliphatic rings. The van der Waals surface area contributed by atoms with E-state index < -0.39 is 0 Å². The van der Waals surface area contributed by atoms with E-state index in [1.165, 1.54) is 0 Å². The summed E-state index contributed by atoms with van der Waals surface area (Å²) in [4.78, 5) is 3.18. The molecule has 2 aromatic rings. The lowest BCUT2D eigenvalue weighted by Gasteiger charge is -2.01. The highest BCUT2D eigenvalue weighted by Gasteiger charge is 2.06. The molecule has 0 aliphatic heterocycles. The zero-order chi connectivity index (χ0) is 12.1. The monoisotopic (exact) mass is 216 g/mol. The van der Waals surface area contributed by atoms with Crippen LogP contribution in [-0.4, -0.2) is 12.1 Å². The van der Waals surface area contributed by atoms with Crippen molar-refractivity contribution in [3.05, 3.63) is 29.5 Å². The van der Waals surface area contributed by atoms with Crippen LogP contribution in [-0.2, 0) is 0 Å². The largest absolute Gasteiger partial charge is 0.496 e. The standard InChI is InChI=1S/C11H10N2O.C2H6/c1-7-3-9-10(13-7)4-8(6-12)5-11(9)14-2;1-2/h3-5,13H,1-2H3;1-2H3. The maximum atomic E-state index is 8.80. The highest BCUT2D eigenvalue weighted by Crippen LogP contribution is 2.27. The topological polar surface area (TPSA) is 48.8 Å². The number of aromatic amines is 1. The van der Waals surface area contributed by atoms with Gasteiger partial charge in [-0.05, 0) is 25.1 Å². The zero-order valence-corrected chi connectivity index (χ0v) is 10.1. The summed E-state index contributed by atoms with van der Waals surface area (Å²) >= 11 is 0. The van der Waals surface area contributed by atoms with Gasteiger partial charge >= 0.3 is 0 Å². The second-order valence-corrected chi connectivity index (χ2v) is 3.20. The molecule has 2 rings (SSSR count). The van der Waals surface area contributed by atoms with Crippen molar-refractivity contribution in [1.82, 2.24) is 4.98 Å². The number of nitriles is 1. The predicted molar refractivity (Wildman–Crippen MR) is 65.7 cm³/mol. The highest BCUT2D eigenvalue weighted by molar-refractivity contribution is 5.88. The SMILES string of the molecule is CC.COc1cc(C#N)cc2[nH]c(C)cc12. The predicted octanol–water partition coefficient (Wildman–Crippen LogP) is 3.38. The Morgan fingerprint density at radius 2 is 1.94 bits per heavy atom. The van der Waals surface area contributed by atoms with Gasteiger partial charge in [-0.1, -0.05) is 13.8 Å². The molecule has 16 heavy (non-hydrogen) atoms. The third kappa shape index (κ3) is 2.17. The number of rotatable bonds is 1. The molecular formula is C13H16N2O. The molecule has 3 heteroatoms. The molecule has 1 N–H and O–H groups in total.